The van der Waals surface area contributed by atoms with E-state index in [0.29, 0.717) is 11.4 Å². The Bertz CT molecular complexity index is 1500. The minimum absolute atomic E-state index is 0.712. The molecule has 2 atom stereocenters. The van der Waals surface area contributed by atoms with Gasteiger partial charge in [0.15, 0.2) is 0 Å². The zero-order valence-corrected chi connectivity index (χ0v) is 21.4. The number of hydrogen-bond acceptors (Lipinski definition) is 2. The van der Waals surface area contributed by atoms with Crippen molar-refractivity contribution in [3.8, 4) is 0 Å². The van der Waals surface area contributed by atoms with Crippen molar-refractivity contribution in [1.29, 1.82) is 0 Å². The Morgan fingerprint density at radius 2 is 0.744 bits per heavy atom. The second kappa shape index (κ2) is 10.6. The number of nitrogens with one attached hydrogen (secondary N) is 2. The predicted molar refractivity (Wildman–Crippen MR) is 154 cm³/mol. The van der Waals surface area contributed by atoms with E-state index in [-0.39, 0.29) is 0 Å². The van der Waals surface area contributed by atoms with Gasteiger partial charge < -0.3 is 20.2 Å². The van der Waals surface area contributed by atoms with Gasteiger partial charge in [-0.15, -0.1) is 0 Å². The normalized spacial score (nSPS) is 13.2. The van der Waals surface area contributed by atoms with Gasteiger partial charge in [-0.1, -0.05) is 121 Å². The molecule has 2 heterocycles. The lowest BCUT2D eigenvalue weighted by Crippen LogP contribution is -2.32. The highest BCUT2D eigenvalue weighted by atomic mass is 16.3. The largest absolute Gasteiger partial charge is 0.382 e. The minimum atomic E-state index is -0.789. The molecule has 4 nitrogen and oxygen atoms in total. The molecule has 0 spiro atoms. The topological polar surface area (TPSA) is 72.0 Å². The number of benzene rings is 4. The first-order chi connectivity index (χ1) is 19.2. The summed E-state index contributed by atoms with van der Waals surface area (Å²) in [6.45, 7) is 0. The van der Waals surface area contributed by atoms with E-state index in [1.165, 1.54) is 0 Å². The summed E-state index contributed by atoms with van der Waals surface area (Å²) in [5.41, 5.74) is 6.24. The third-order valence-electron chi connectivity index (χ3n) is 7.46. The molecule has 2 unspecified atom stereocenters. The highest BCUT2D eigenvalue weighted by molar-refractivity contribution is 5.57. The SMILES string of the molecule is OC(c1ccccc1)c1ccc(C(c2ccccc2)(c2ccccc2)c2ccc(C(O)c3ccccc3)[nH]2)[nH]1. The first-order valence-electron chi connectivity index (χ1n) is 13.1. The van der Waals surface area contributed by atoms with Crippen molar-refractivity contribution < 1.29 is 10.2 Å². The highest BCUT2D eigenvalue weighted by Gasteiger charge is 2.41. The molecule has 6 aromatic rings. The van der Waals surface area contributed by atoms with Crippen LogP contribution in [-0.2, 0) is 5.41 Å². The van der Waals surface area contributed by atoms with Crippen LogP contribution in [0.3, 0.4) is 0 Å². The molecule has 0 amide bonds. The number of aliphatic hydroxyl groups excluding tert-OH is 2. The fourth-order valence-corrected chi connectivity index (χ4v) is 5.52. The van der Waals surface area contributed by atoms with Gasteiger partial charge in [0.1, 0.15) is 17.6 Å². The molecule has 0 saturated carbocycles. The number of H-pyrrole nitrogens is 2. The van der Waals surface area contributed by atoms with Crippen molar-refractivity contribution in [2.75, 3.05) is 0 Å². The molecular weight excluding hydrogens is 480 g/mol. The maximum atomic E-state index is 11.2. The van der Waals surface area contributed by atoms with E-state index in [1.807, 2.05) is 109 Å². The van der Waals surface area contributed by atoms with Crippen molar-refractivity contribution in [2.45, 2.75) is 17.6 Å². The standard InChI is InChI=1S/C35H30N2O2/c38-33(25-13-5-1-6-14-25)29-21-23-31(36-29)35(27-17-9-3-10-18-27,28-19-11-4-12-20-28)32-24-22-30(37-32)34(39)26-15-7-2-8-16-26/h1-24,33-34,36-39H. The van der Waals surface area contributed by atoms with Crippen LogP contribution in [-0.4, -0.2) is 20.2 Å². The van der Waals surface area contributed by atoms with Crippen LogP contribution in [0.15, 0.2) is 146 Å². The maximum Gasteiger partial charge on any atom is 0.119 e. The van der Waals surface area contributed by atoms with Crippen molar-refractivity contribution in [3.63, 3.8) is 0 Å². The van der Waals surface area contributed by atoms with Crippen molar-refractivity contribution in [3.05, 3.63) is 191 Å². The summed E-state index contributed by atoms with van der Waals surface area (Å²) >= 11 is 0. The minimum Gasteiger partial charge on any atom is -0.382 e. The molecular formula is C35H30N2O2. The second-order valence-corrected chi connectivity index (χ2v) is 9.76. The van der Waals surface area contributed by atoms with Gasteiger partial charge >= 0.3 is 0 Å². The zero-order valence-electron chi connectivity index (χ0n) is 21.4. The molecule has 0 bridgehead atoms. The summed E-state index contributed by atoms with van der Waals surface area (Å²) in [6, 6.07) is 48.0. The van der Waals surface area contributed by atoms with Crippen LogP contribution in [0.25, 0.3) is 0 Å². The van der Waals surface area contributed by atoms with Crippen LogP contribution in [0.2, 0.25) is 0 Å². The lowest BCUT2D eigenvalue weighted by Gasteiger charge is -2.34. The highest BCUT2D eigenvalue weighted by Crippen LogP contribution is 2.45. The van der Waals surface area contributed by atoms with Gasteiger partial charge in [0.2, 0.25) is 0 Å². The molecule has 0 aliphatic heterocycles. The lowest BCUT2D eigenvalue weighted by atomic mass is 9.69. The Morgan fingerprint density at radius 1 is 0.410 bits per heavy atom. The summed E-state index contributed by atoms with van der Waals surface area (Å²) in [5.74, 6) is 0. The maximum absolute atomic E-state index is 11.2. The van der Waals surface area contributed by atoms with E-state index in [1.54, 1.807) is 0 Å². The molecule has 192 valence electrons. The number of rotatable bonds is 8. The Kier molecular flexibility index (Phi) is 6.72. The third kappa shape index (κ3) is 4.50. The van der Waals surface area contributed by atoms with Gasteiger partial charge in [-0.3, -0.25) is 0 Å². The Hall–Kier alpha value is -4.64. The smallest absolute Gasteiger partial charge is 0.119 e. The summed E-state index contributed by atoms with van der Waals surface area (Å²) in [5, 5.41) is 22.4. The van der Waals surface area contributed by atoms with Gasteiger partial charge in [-0.25, -0.2) is 0 Å². The average molecular weight is 511 g/mol. The van der Waals surface area contributed by atoms with E-state index in [4.69, 9.17) is 0 Å². The van der Waals surface area contributed by atoms with E-state index in [9.17, 15) is 10.2 Å². The molecule has 6 rings (SSSR count). The first kappa shape index (κ1) is 24.7. The Balaban J connectivity index is 1.55. The third-order valence-corrected chi connectivity index (χ3v) is 7.46. The lowest BCUT2D eigenvalue weighted by molar-refractivity contribution is 0.215. The summed E-state index contributed by atoms with van der Waals surface area (Å²) in [7, 11) is 0. The van der Waals surface area contributed by atoms with Crippen LogP contribution >= 0.6 is 0 Å². The fourth-order valence-electron chi connectivity index (χ4n) is 5.52. The van der Waals surface area contributed by atoms with Crippen LogP contribution in [0.5, 0.6) is 0 Å². The Morgan fingerprint density at radius 3 is 1.10 bits per heavy atom. The van der Waals surface area contributed by atoms with E-state index >= 15 is 0 Å². The van der Waals surface area contributed by atoms with Crippen molar-refractivity contribution in [1.82, 2.24) is 9.97 Å². The molecule has 0 radical (unpaired) electrons. The number of aromatic amines is 2. The van der Waals surface area contributed by atoms with Crippen LogP contribution in [0.4, 0.5) is 0 Å². The summed E-state index contributed by atoms with van der Waals surface area (Å²) in [4.78, 5) is 7.17. The van der Waals surface area contributed by atoms with Crippen molar-refractivity contribution in [2.24, 2.45) is 0 Å². The second-order valence-electron chi connectivity index (χ2n) is 9.76. The van der Waals surface area contributed by atoms with Gasteiger partial charge in [0.05, 0.1) is 0 Å². The van der Waals surface area contributed by atoms with Crippen LogP contribution in [0, 0.1) is 0 Å². The summed E-state index contributed by atoms with van der Waals surface area (Å²) in [6.07, 6.45) is -1.58. The first-order valence-corrected chi connectivity index (χ1v) is 13.1. The van der Waals surface area contributed by atoms with Gasteiger partial charge in [0.25, 0.3) is 0 Å². The Labute approximate surface area is 228 Å². The van der Waals surface area contributed by atoms with Gasteiger partial charge in [-0.05, 0) is 46.5 Å². The predicted octanol–water partition coefficient (Wildman–Crippen LogP) is 6.89. The summed E-state index contributed by atoms with van der Waals surface area (Å²) < 4.78 is 0. The molecule has 39 heavy (non-hydrogen) atoms. The van der Waals surface area contributed by atoms with Crippen molar-refractivity contribution >= 4 is 0 Å². The van der Waals surface area contributed by atoms with E-state index in [0.717, 1.165) is 33.6 Å². The molecule has 4 aromatic carbocycles. The molecule has 0 aliphatic carbocycles. The number of aliphatic hydroxyl groups is 2. The monoisotopic (exact) mass is 510 g/mol. The van der Waals surface area contributed by atoms with Crippen LogP contribution < -0.4 is 0 Å². The molecule has 4 N–H and O–H groups in total. The zero-order chi connectivity index (χ0) is 26.7. The van der Waals surface area contributed by atoms with E-state index in [2.05, 4.69) is 46.4 Å². The molecule has 0 aliphatic rings. The quantitative estimate of drug-likeness (QED) is 0.180. The van der Waals surface area contributed by atoms with Gasteiger partial charge in [0, 0.05) is 22.8 Å². The van der Waals surface area contributed by atoms with E-state index < -0.39 is 17.6 Å². The molecule has 0 saturated heterocycles. The van der Waals surface area contributed by atoms with Gasteiger partial charge in [-0.2, -0.15) is 0 Å². The molecule has 2 aromatic heterocycles. The number of aromatic nitrogens is 2. The fraction of sp³-hybridized carbons (Fsp3) is 0.0857. The molecule has 4 heteroatoms. The molecule has 0 fully saturated rings. The average Bonchev–Trinajstić information content (AvgIpc) is 3.71. The van der Waals surface area contributed by atoms with Crippen LogP contribution in [0.1, 0.15) is 57.2 Å². The number of hydrogen-bond donors (Lipinski definition) is 4.